The lowest BCUT2D eigenvalue weighted by molar-refractivity contribution is -0.141. The highest BCUT2D eigenvalue weighted by molar-refractivity contribution is 6.16. The molecule has 1 N–H and O–H groups in total. The van der Waals surface area contributed by atoms with Crippen LogP contribution in [0.1, 0.15) is 30.5 Å². The molecule has 1 aliphatic heterocycles. The first-order valence-corrected chi connectivity index (χ1v) is 6.56. The van der Waals surface area contributed by atoms with Crippen molar-refractivity contribution >= 4 is 17.4 Å². The maximum atomic E-state index is 12.8. The van der Waals surface area contributed by atoms with Gasteiger partial charge in [0, 0.05) is 18.7 Å². The molecule has 0 saturated carbocycles. The van der Waals surface area contributed by atoms with E-state index < -0.39 is 17.8 Å². The Morgan fingerprint density at radius 1 is 1.24 bits per heavy atom. The maximum Gasteiger partial charge on any atom is 0.433 e. The molecule has 7 heteroatoms. The van der Waals surface area contributed by atoms with Gasteiger partial charge >= 0.3 is 12.1 Å². The normalized spacial score (nSPS) is 15.9. The van der Waals surface area contributed by atoms with Crippen LogP contribution in [0.4, 0.5) is 19.0 Å². The second-order valence-electron chi connectivity index (χ2n) is 4.90. The van der Waals surface area contributed by atoms with Gasteiger partial charge in [0.05, 0.1) is 5.57 Å². The van der Waals surface area contributed by atoms with Crippen molar-refractivity contribution in [2.75, 3.05) is 18.0 Å². The molecule has 0 aliphatic carbocycles. The van der Waals surface area contributed by atoms with Crippen LogP contribution in [0, 0.1) is 0 Å². The van der Waals surface area contributed by atoms with Crippen molar-refractivity contribution < 1.29 is 23.1 Å². The van der Waals surface area contributed by atoms with E-state index in [2.05, 4.69) is 11.6 Å². The van der Waals surface area contributed by atoms with Crippen LogP contribution in [0.25, 0.3) is 5.57 Å². The largest absolute Gasteiger partial charge is 0.478 e. The van der Waals surface area contributed by atoms with E-state index in [1.165, 1.54) is 0 Å². The van der Waals surface area contributed by atoms with Crippen LogP contribution >= 0.6 is 0 Å². The van der Waals surface area contributed by atoms with Gasteiger partial charge in [-0.25, -0.2) is 9.78 Å². The van der Waals surface area contributed by atoms with E-state index in [1.807, 2.05) is 0 Å². The first-order chi connectivity index (χ1) is 9.80. The van der Waals surface area contributed by atoms with Gasteiger partial charge < -0.3 is 10.0 Å². The fraction of sp³-hybridized carbons (Fsp3) is 0.429. The number of anilines is 1. The predicted octanol–water partition coefficient (Wildman–Crippen LogP) is 3.19. The van der Waals surface area contributed by atoms with Crippen molar-refractivity contribution in [3.05, 3.63) is 30.0 Å². The summed E-state index contributed by atoms with van der Waals surface area (Å²) in [6.07, 6.45) is -1.87. The SMILES string of the molecule is C=C(C(=O)O)c1ccc(C(F)(F)F)nc1N1CCCCC1. The fourth-order valence-electron chi connectivity index (χ4n) is 2.30. The standard InChI is InChI=1S/C14H15F3N2O2/c1-9(13(20)21)10-5-6-11(14(15,16)17)18-12(10)19-7-3-2-4-8-19/h5-6H,1-4,7-8H2,(H,20,21). The van der Waals surface area contributed by atoms with Gasteiger partial charge in [-0.1, -0.05) is 6.58 Å². The van der Waals surface area contributed by atoms with E-state index in [9.17, 15) is 18.0 Å². The number of nitrogens with zero attached hydrogens (tertiary/aromatic N) is 2. The fourth-order valence-corrected chi connectivity index (χ4v) is 2.30. The smallest absolute Gasteiger partial charge is 0.433 e. The first-order valence-electron chi connectivity index (χ1n) is 6.56. The lowest BCUT2D eigenvalue weighted by Crippen LogP contribution is -2.31. The number of aliphatic carboxylic acids is 1. The molecule has 1 fully saturated rings. The predicted molar refractivity (Wildman–Crippen MR) is 72.0 cm³/mol. The second-order valence-corrected chi connectivity index (χ2v) is 4.90. The van der Waals surface area contributed by atoms with Crippen molar-refractivity contribution in [2.24, 2.45) is 0 Å². The number of pyridine rings is 1. The molecule has 2 rings (SSSR count). The summed E-state index contributed by atoms with van der Waals surface area (Å²) >= 11 is 0. The Hall–Kier alpha value is -2.05. The lowest BCUT2D eigenvalue weighted by atomic mass is 10.1. The van der Waals surface area contributed by atoms with Crippen LogP contribution in [-0.4, -0.2) is 29.1 Å². The number of carboxylic acid groups (broad SMARTS) is 1. The lowest BCUT2D eigenvalue weighted by Gasteiger charge is -2.30. The number of rotatable bonds is 3. The van der Waals surface area contributed by atoms with E-state index in [0.29, 0.717) is 13.1 Å². The zero-order valence-electron chi connectivity index (χ0n) is 11.3. The Bertz CT molecular complexity index is 564. The Kier molecular flexibility index (Phi) is 4.20. The Labute approximate surface area is 119 Å². The number of carbonyl (C=O) groups is 1. The first kappa shape index (κ1) is 15.3. The highest BCUT2D eigenvalue weighted by atomic mass is 19.4. The van der Waals surface area contributed by atoms with Crippen LogP contribution in [0.2, 0.25) is 0 Å². The van der Waals surface area contributed by atoms with Gasteiger partial charge in [-0.3, -0.25) is 0 Å². The van der Waals surface area contributed by atoms with E-state index >= 15 is 0 Å². The molecule has 114 valence electrons. The van der Waals surface area contributed by atoms with Crippen molar-refractivity contribution in [2.45, 2.75) is 25.4 Å². The molecule has 0 spiro atoms. The molecule has 21 heavy (non-hydrogen) atoms. The van der Waals surface area contributed by atoms with Crippen molar-refractivity contribution in [1.29, 1.82) is 0 Å². The van der Waals surface area contributed by atoms with Crippen LogP contribution in [0.15, 0.2) is 18.7 Å². The van der Waals surface area contributed by atoms with Gasteiger partial charge in [-0.05, 0) is 31.4 Å². The molecule has 0 unspecified atom stereocenters. The highest BCUT2D eigenvalue weighted by Crippen LogP contribution is 2.33. The number of halogens is 3. The molecule has 1 aromatic heterocycles. The van der Waals surface area contributed by atoms with Crippen LogP contribution in [-0.2, 0) is 11.0 Å². The minimum absolute atomic E-state index is 0.0527. The minimum atomic E-state index is -4.56. The third-order valence-electron chi connectivity index (χ3n) is 3.40. The second kappa shape index (κ2) is 5.75. The zero-order chi connectivity index (χ0) is 15.6. The Balaban J connectivity index is 2.49. The van der Waals surface area contributed by atoms with Crippen molar-refractivity contribution in [3.8, 4) is 0 Å². The van der Waals surface area contributed by atoms with E-state index in [4.69, 9.17) is 5.11 Å². The summed E-state index contributed by atoms with van der Waals surface area (Å²) in [6.45, 7) is 4.55. The third-order valence-corrected chi connectivity index (χ3v) is 3.40. The molecule has 1 aromatic rings. The topological polar surface area (TPSA) is 53.4 Å². The maximum absolute atomic E-state index is 12.8. The van der Waals surface area contributed by atoms with Crippen molar-refractivity contribution in [3.63, 3.8) is 0 Å². The number of piperidine rings is 1. The van der Waals surface area contributed by atoms with E-state index in [0.717, 1.165) is 31.4 Å². The van der Waals surface area contributed by atoms with E-state index in [1.54, 1.807) is 4.90 Å². The quantitative estimate of drug-likeness (QED) is 0.871. The molecular weight excluding hydrogens is 285 g/mol. The average Bonchev–Trinajstić information content (AvgIpc) is 2.45. The van der Waals surface area contributed by atoms with Gasteiger partial charge in [-0.2, -0.15) is 13.2 Å². The third kappa shape index (κ3) is 3.34. The van der Waals surface area contributed by atoms with Crippen LogP contribution < -0.4 is 4.90 Å². The molecule has 1 saturated heterocycles. The number of hydrogen-bond donors (Lipinski definition) is 1. The molecule has 0 amide bonds. The summed E-state index contributed by atoms with van der Waals surface area (Å²) < 4.78 is 38.4. The summed E-state index contributed by atoms with van der Waals surface area (Å²) in [5, 5.41) is 9.02. The summed E-state index contributed by atoms with van der Waals surface area (Å²) in [4.78, 5) is 16.4. The van der Waals surface area contributed by atoms with Gasteiger partial charge in [-0.15, -0.1) is 0 Å². The molecule has 0 atom stereocenters. The zero-order valence-corrected chi connectivity index (χ0v) is 11.3. The number of aromatic nitrogens is 1. The monoisotopic (exact) mass is 300 g/mol. The summed E-state index contributed by atoms with van der Waals surface area (Å²) in [6, 6.07) is 1.92. The van der Waals surface area contributed by atoms with Gasteiger partial charge in [0.15, 0.2) is 0 Å². The van der Waals surface area contributed by atoms with Crippen molar-refractivity contribution in [1.82, 2.24) is 4.98 Å². The Morgan fingerprint density at radius 3 is 2.38 bits per heavy atom. The molecular formula is C14H15F3N2O2. The van der Waals surface area contributed by atoms with Crippen LogP contribution in [0.3, 0.4) is 0 Å². The number of alkyl halides is 3. The van der Waals surface area contributed by atoms with Crippen LogP contribution in [0.5, 0.6) is 0 Å². The molecule has 2 heterocycles. The van der Waals surface area contributed by atoms with Gasteiger partial charge in [0.2, 0.25) is 0 Å². The molecule has 0 radical (unpaired) electrons. The number of hydrogen-bond acceptors (Lipinski definition) is 3. The molecule has 0 aromatic carbocycles. The molecule has 0 bridgehead atoms. The van der Waals surface area contributed by atoms with Gasteiger partial charge in [0.1, 0.15) is 11.5 Å². The molecule has 1 aliphatic rings. The van der Waals surface area contributed by atoms with E-state index in [-0.39, 0.29) is 17.0 Å². The summed E-state index contributed by atoms with van der Waals surface area (Å²) in [5.74, 6) is -1.22. The number of carboxylic acids is 1. The highest BCUT2D eigenvalue weighted by Gasteiger charge is 2.34. The average molecular weight is 300 g/mol. The molecule has 4 nitrogen and oxygen atoms in total. The minimum Gasteiger partial charge on any atom is -0.478 e. The summed E-state index contributed by atoms with van der Waals surface area (Å²) in [5.41, 5.74) is -1.14. The van der Waals surface area contributed by atoms with Gasteiger partial charge in [0.25, 0.3) is 0 Å². The Morgan fingerprint density at radius 2 is 1.86 bits per heavy atom. The summed E-state index contributed by atoms with van der Waals surface area (Å²) in [7, 11) is 0.